The van der Waals surface area contributed by atoms with E-state index in [-0.39, 0.29) is 30.1 Å². The van der Waals surface area contributed by atoms with Gasteiger partial charge in [-0.3, -0.25) is 14.0 Å². The van der Waals surface area contributed by atoms with Gasteiger partial charge in [-0.15, -0.1) is 21.5 Å². The summed E-state index contributed by atoms with van der Waals surface area (Å²) in [7, 11) is 3.19. The van der Waals surface area contributed by atoms with Gasteiger partial charge in [0.05, 0.1) is 18.5 Å². The van der Waals surface area contributed by atoms with E-state index >= 15 is 0 Å². The number of aryl methyl sites for hydroxylation is 1. The number of rotatable bonds is 7. The molecule has 0 spiro atoms. The van der Waals surface area contributed by atoms with Gasteiger partial charge in [-0.25, -0.2) is 9.48 Å². The van der Waals surface area contributed by atoms with Crippen molar-refractivity contribution >= 4 is 17.2 Å². The lowest BCUT2D eigenvalue weighted by Gasteiger charge is -2.04. The van der Waals surface area contributed by atoms with Crippen LogP contribution in [0.3, 0.4) is 0 Å². The topological polar surface area (TPSA) is 96.0 Å². The number of thiophene rings is 1. The predicted octanol–water partition coefficient (Wildman–Crippen LogP) is 1.28. The third-order valence-electron chi connectivity index (χ3n) is 4.37. The molecule has 3 aromatic rings. The second-order valence-corrected chi connectivity index (χ2v) is 7.34. The van der Waals surface area contributed by atoms with Gasteiger partial charge >= 0.3 is 5.69 Å². The zero-order valence-electron chi connectivity index (χ0n) is 15.1. The fourth-order valence-electron chi connectivity index (χ4n) is 2.95. The number of nitrogens with zero attached hydrogens (tertiary/aromatic N) is 5. The largest absolute Gasteiger partial charge is 0.479 e. The van der Waals surface area contributed by atoms with E-state index in [1.165, 1.54) is 16.5 Å². The fourth-order valence-corrected chi connectivity index (χ4v) is 3.65. The number of hydrogen-bond acceptors (Lipinski definition) is 6. The quantitative estimate of drug-likeness (QED) is 0.658. The summed E-state index contributed by atoms with van der Waals surface area (Å²) in [6.45, 7) is 0.577. The van der Waals surface area contributed by atoms with E-state index in [1.54, 1.807) is 29.1 Å². The van der Waals surface area contributed by atoms with Gasteiger partial charge in [-0.05, 0) is 24.3 Å². The highest BCUT2D eigenvalue weighted by molar-refractivity contribution is 7.13. The van der Waals surface area contributed by atoms with Gasteiger partial charge in [0.15, 0.2) is 5.82 Å². The van der Waals surface area contributed by atoms with Crippen molar-refractivity contribution < 1.29 is 9.53 Å². The summed E-state index contributed by atoms with van der Waals surface area (Å²) in [6, 6.07) is 4.14. The van der Waals surface area contributed by atoms with Crippen LogP contribution in [0.1, 0.15) is 29.2 Å². The number of amides is 1. The molecular formula is C17H20N6O3S. The van der Waals surface area contributed by atoms with Crippen LogP contribution in [0.4, 0.5) is 0 Å². The fraction of sp³-hybridized carbons (Fsp3) is 0.412. The van der Waals surface area contributed by atoms with Gasteiger partial charge in [0.2, 0.25) is 5.88 Å². The SMILES string of the molecule is COc1nn(C)cc1C(=O)NCCn1nc(-c2cccs2)n(C2CC2)c1=O. The highest BCUT2D eigenvalue weighted by Gasteiger charge is 2.30. The minimum Gasteiger partial charge on any atom is -0.479 e. The van der Waals surface area contributed by atoms with Crippen molar-refractivity contribution in [2.45, 2.75) is 25.4 Å². The van der Waals surface area contributed by atoms with Gasteiger partial charge in [-0.2, -0.15) is 0 Å². The van der Waals surface area contributed by atoms with E-state index in [9.17, 15) is 9.59 Å². The molecule has 3 aromatic heterocycles. The number of methoxy groups -OCH3 is 1. The van der Waals surface area contributed by atoms with E-state index in [2.05, 4.69) is 15.5 Å². The average molecular weight is 388 g/mol. The molecule has 0 atom stereocenters. The Morgan fingerprint density at radius 2 is 2.22 bits per heavy atom. The Bertz CT molecular complexity index is 1010. The summed E-state index contributed by atoms with van der Waals surface area (Å²) >= 11 is 1.56. The van der Waals surface area contributed by atoms with Gasteiger partial charge < -0.3 is 10.1 Å². The minimum atomic E-state index is -0.298. The highest BCUT2D eigenvalue weighted by Crippen LogP contribution is 2.37. The van der Waals surface area contributed by atoms with E-state index < -0.39 is 0 Å². The second-order valence-electron chi connectivity index (χ2n) is 6.39. The van der Waals surface area contributed by atoms with Crippen molar-refractivity contribution in [3.8, 4) is 16.6 Å². The first-order valence-corrected chi connectivity index (χ1v) is 9.55. The lowest BCUT2D eigenvalue weighted by atomic mass is 10.3. The molecule has 27 heavy (non-hydrogen) atoms. The molecule has 9 nitrogen and oxygen atoms in total. The molecule has 1 amide bonds. The number of ether oxygens (including phenoxy) is 1. The Hall–Kier alpha value is -2.88. The van der Waals surface area contributed by atoms with Crippen LogP contribution in [0.5, 0.6) is 5.88 Å². The summed E-state index contributed by atoms with van der Waals surface area (Å²) in [4.78, 5) is 26.0. The molecule has 1 fully saturated rings. The van der Waals surface area contributed by atoms with E-state index in [4.69, 9.17) is 4.74 Å². The van der Waals surface area contributed by atoms with Gasteiger partial charge in [0, 0.05) is 25.8 Å². The molecular weight excluding hydrogens is 368 g/mol. The number of hydrogen-bond donors (Lipinski definition) is 1. The molecule has 10 heteroatoms. The molecule has 1 aliphatic rings. The Balaban J connectivity index is 1.48. The van der Waals surface area contributed by atoms with Crippen molar-refractivity contribution in [2.75, 3.05) is 13.7 Å². The average Bonchev–Trinajstić information content (AvgIpc) is 3.07. The number of carbonyl (C=O) groups excluding carboxylic acids is 1. The zero-order valence-corrected chi connectivity index (χ0v) is 15.9. The lowest BCUT2D eigenvalue weighted by Crippen LogP contribution is -2.32. The third kappa shape index (κ3) is 3.39. The maximum absolute atomic E-state index is 12.7. The molecule has 0 bridgehead atoms. The van der Waals surface area contributed by atoms with Crippen LogP contribution in [0.25, 0.3) is 10.7 Å². The Labute approximate surface area is 159 Å². The number of aromatic nitrogens is 5. The van der Waals surface area contributed by atoms with Crippen molar-refractivity contribution in [1.82, 2.24) is 29.4 Å². The summed E-state index contributed by atoms with van der Waals surface area (Å²) in [5, 5.41) is 13.3. The van der Waals surface area contributed by atoms with Gasteiger partial charge in [0.1, 0.15) is 5.56 Å². The van der Waals surface area contributed by atoms with E-state index in [0.29, 0.717) is 17.9 Å². The molecule has 0 saturated heterocycles. The first-order chi connectivity index (χ1) is 13.1. The minimum absolute atomic E-state index is 0.130. The molecule has 4 rings (SSSR count). The van der Waals surface area contributed by atoms with Crippen molar-refractivity contribution in [2.24, 2.45) is 7.05 Å². The van der Waals surface area contributed by atoms with E-state index in [0.717, 1.165) is 17.7 Å². The summed E-state index contributed by atoms with van der Waals surface area (Å²) in [5.74, 6) is 0.677. The van der Waals surface area contributed by atoms with Gasteiger partial charge in [0.25, 0.3) is 5.91 Å². The van der Waals surface area contributed by atoms with Crippen LogP contribution in [0.2, 0.25) is 0 Å². The smallest absolute Gasteiger partial charge is 0.346 e. The van der Waals surface area contributed by atoms with Crippen LogP contribution >= 0.6 is 11.3 Å². The molecule has 0 aliphatic heterocycles. The highest BCUT2D eigenvalue weighted by atomic mass is 32.1. The van der Waals surface area contributed by atoms with E-state index in [1.807, 2.05) is 17.5 Å². The molecule has 0 aromatic carbocycles. The van der Waals surface area contributed by atoms with Crippen LogP contribution in [-0.4, -0.2) is 43.7 Å². The molecule has 0 unspecified atom stereocenters. The summed E-state index contributed by atoms with van der Waals surface area (Å²) in [6.07, 6.45) is 3.60. The normalized spacial score (nSPS) is 13.7. The van der Waals surface area contributed by atoms with Crippen molar-refractivity contribution in [1.29, 1.82) is 0 Å². The maximum atomic E-state index is 12.7. The molecule has 0 radical (unpaired) electrons. The Kier molecular flexibility index (Phi) is 4.56. The Morgan fingerprint density at radius 3 is 2.89 bits per heavy atom. The summed E-state index contributed by atoms with van der Waals surface area (Å²) < 4.78 is 9.82. The van der Waals surface area contributed by atoms with Crippen LogP contribution in [0, 0.1) is 0 Å². The van der Waals surface area contributed by atoms with Crippen LogP contribution in [-0.2, 0) is 13.6 Å². The molecule has 3 heterocycles. The van der Waals surface area contributed by atoms with Crippen molar-refractivity contribution in [3.05, 3.63) is 39.8 Å². The molecule has 1 aliphatic carbocycles. The van der Waals surface area contributed by atoms with Crippen LogP contribution in [0.15, 0.2) is 28.5 Å². The third-order valence-corrected chi connectivity index (χ3v) is 5.23. The first kappa shape index (κ1) is 17.5. The van der Waals surface area contributed by atoms with Crippen molar-refractivity contribution in [3.63, 3.8) is 0 Å². The first-order valence-electron chi connectivity index (χ1n) is 8.67. The molecule has 142 valence electrons. The predicted molar refractivity (Wildman–Crippen MR) is 100 cm³/mol. The van der Waals surface area contributed by atoms with Gasteiger partial charge in [-0.1, -0.05) is 6.07 Å². The lowest BCUT2D eigenvalue weighted by molar-refractivity contribution is 0.0948. The van der Waals surface area contributed by atoms with Crippen LogP contribution < -0.4 is 15.7 Å². The standard InChI is InChI=1S/C17H20N6O3S/c1-21-10-12(16(20-21)26-2)15(24)18-7-8-22-17(25)23(11-5-6-11)14(19-22)13-4-3-9-27-13/h3-4,9-11H,5-8H2,1-2H3,(H,18,24). The second kappa shape index (κ2) is 7.03. The molecule has 1 saturated carbocycles. The molecule has 1 N–H and O–H groups in total. The zero-order chi connectivity index (χ0) is 19.0. The number of carbonyl (C=O) groups is 1. The monoisotopic (exact) mass is 388 g/mol. The summed E-state index contributed by atoms with van der Waals surface area (Å²) in [5.41, 5.74) is 0.226. The number of nitrogens with one attached hydrogen (secondary N) is 1. The Morgan fingerprint density at radius 1 is 1.41 bits per heavy atom. The maximum Gasteiger partial charge on any atom is 0.346 e.